The van der Waals surface area contributed by atoms with Crippen LogP contribution < -0.4 is 15.8 Å². The quantitative estimate of drug-likeness (QED) is 0.441. The summed E-state index contributed by atoms with van der Waals surface area (Å²) in [4.78, 5) is 44.4. The number of amides is 1. The number of phenols is 1. The number of phenolic OH excluding ortho intramolecular Hbond substituents is 1. The lowest BCUT2D eigenvalue weighted by Crippen LogP contribution is -2.77. The molecule has 3 aliphatic heterocycles. The van der Waals surface area contributed by atoms with E-state index in [-0.39, 0.29) is 47.4 Å². The van der Waals surface area contributed by atoms with Crippen LogP contribution in [0.3, 0.4) is 0 Å². The predicted molar refractivity (Wildman–Crippen MR) is 149 cm³/mol. The number of aromatic hydroxyl groups is 1. The zero-order valence-electron chi connectivity index (χ0n) is 24.5. The van der Waals surface area contributed by atoms with Gasteiger partial charge < -0.3 is 25.6 Å². The number of fused-ring (bicyclic) bond motifs is 6. The average Bonchev–Trinajstić information content (AvgIpc) is 2.92. The molecule has 1 fully saturated rings. The van der Waals surface area contributed by atoms with Crippen molar-refractivity contribution in [3.8, 4) is 17.6 Å². The number of benzene rings is 1. The summed E-state index contributed by atoms with van der Waals surface area (Å²) in [6, 6.07) is 1.37. The summed E-state index contributed by atoms with van der Waals surface area (Å²) in [7, 11) is 4.79. The van der Waals surface area contributed by atoms with Crippen LogP contribution in [-0.4, -0.2) is 90.4 Å². The fourth-order valence-corrected chi connectivity index (χ4v) is 7.58. The molecule has 1 amide bonds. The Balaban J connectivity index is 1.77. The van der Waals surface area contributed by atoms with Crippen LogP contribution in [0.25, 0.3) is 0 Å². The van der Waals surface area contributed by atoms with Gasteiger partial charge in [-0.3, -0.25) is 24.2 Å². The maximum atomic E-state index is 13.9. The van der Waals surface area contributed by atoms with Gasteiger partial charge >= 0.3 is 0 Å². The molecule has 4 N–H and O–H groups in total. The largest absolute Gasteiger partial charge is 0.504 e. The molecule has 0 aromatic heterocycles. The summed E-state index contributed by atoms with van der Waals surface area (Å²) in [5.74, 6) is -0.786. The SMILES string of the molecule is COC1=C(C)C(=O)C2=C(C1=O)C(CNC(=O)C(C)N)N1C(C2)[C@]2(C)c3c(cc(C)c(OC)c3O)C[C@@H]([C@@H]1C#N)N2C. The molecule has 0 radical (unpaired) electrons. The number of allylic oxidation sites excluding steroid dienone is 2. The highest BCUT2D eigenvalue weighted by Gasteiger charge is 2.62. The Morgan fingerprint density at radius 1 is 1.27 bits per heavy atom. The molecule has 11 heteroatoms. The molecule has 3 unspecified atom stereocenters. The monoisotopic (exact) mass is 563 g/mol. The molecule has 1 aromatic carbocycles. The number of nitriles is 1. The number of carbonyl (C=O) groups is 3. The molecule has 2 bridgehead atoms. The van der Waals surface area contributed by atoms with Crippen molar-refractivity contribution in [2.75, 3.05) is 27.8 Å². The third-order valence-corrected chi connectivity index (χ3v) is 9.63. The zero-order chi connectivity index (χ0) is 30.1. The Hall–Kier alpha value is -3.72. The topological polar surface area (TPSA) is 158 Å². The van der Waals surface area contributed by atoms with E-state index in [9.17, 15) is 24.8 Å². The first kappa shape index (κ1) is 28.8. The van der Waals surface area contributed by atoms with E-state index in [1.807, 2.05) is 31.9 Å². The Morgan fingerprint density at radius 3 is 2.54 bits per heavy atom. The molecule has 11 nitrogen and oxygen atoms in total. The minimum atomic E-state index is -0.888. The normalized spacial score (nSPS) is 30.2. The number of nitrogens with zero attached hydrogens (tertiary/aromatic N) is 3. The number of methoxy groups -OCH3 is 2. The van der Waals surface area contributed by atoms with Gasteiger partial charge in [-0.2, -0.15) is 5.26 Å². The molecule has 41 heavy (non-hydrogen) atoms. The van der Waals surface area contributed by atoms with E-state index < -0.39 is 41.4 Å². The van der Waals surface area contributed by atoms with Crippen LogP contribution >= 0.6 is 0 Å². The number of carbonyl (C=O) groups excluding carboxylic acids is 3. The van der Waals surface area contributed by atoms with Crippen molar-refractivity contribution in [3.05, 3.63) is 45.2 Å². The Labute approximate surface area is 239 Å². The van der Waals surface area contributed by atoms with Crippen molar-refractivity contribution in [3.63, 3.8) is 0 Å². The molecule has 4 aliphatic rings. The van der Waals surface area contributed by atoms with Crippen LogP contribution in [0.15, 0.2) is 28.5 Å². The van der Waals surface area contributed by atoms with E-state index in [0.29, 0.717) is 23.3 Å². The van der Waals surface area contributed by atoms with Gasteiger partial charge in [-0.1, -0.05) is 6.07 Å². The number of Topliss-reactive ketones (excluding diaryl/α,β-unsaturated/α-hetero) is 2. The number of likely N-dealkylation sites (N-methyl/N-ethyl adjacent to an activating group) is 1. The molecule has 5 rings (SSSR count). The Bertz CT molecular complexity index is 1470. The minimum Gasteiger partial charge on any atom is -0.504 e. The number of hydrogen-bond donors (Lipinski definition) is 3. The van der Waals surface area contributed by atoms with E-state index >= 15 is 0 Å². The molecule has 1 saturated heterocycles. The van der Waals surface area contributed by atoms with E-state index in [2.05, 4.69) is 16.3 Å². The van der Waals surface area contributed by atoms with E-state index in [1.54, 1.807) is 13.8 Å². The molecule has 218 valence electrons. The Kier molecular flexibility index (Phi) is 7.01. The minimum absolute atomic E-state index is 0.0241. The number of ketones is 2. The van der Waals surface area contributed by atoms with Gasteiger partial charge in [0.1, 0.15) is 6.04 Å². The molecule has 6 atom stereocenters. The van der Waals surface area contributed by atoms with Crippen LogP contribution in [0.4, 0.5) is 0 Å². The number of ether oxygens (including phenoxy) is 2. The number of nitrogens with one attached hydrogen (secondary N) is 1. The molecule has 3 heterocycles. The van der Waals surface area contributed by atoms with Crippen LogP contribution in [0.1, 0.15) is 43.9 Å². The summed E-state index contributed by atoms with van der Waals surface area (Å²) in [6.07, 6.45) is 0.633. The fraction of sp³-hybridized carbons (Fsp3) is 0.533. The van der Waals surface area contributed by atoms with Crippen LogP contribution in [0.5, 0.6) is 11.5 Å². The molecule has 1 aliphatic carbocycles. The summed E-state index contributed by atoms with van der Waals surface area (Å²) in [5, 5.41) is 25.1. The molecule has 1 aromatic rings. The number of piperazine rings is 1. The van der Waals surface area contributed by atoms with Crippen molar-refractivity contribution in [2.24, 2.45) is 5.73 Å². The van der Waals surface area contributed by atoms with E-state index in [4.69, 9.17) is 15.2 Å². The van der Waals surface area contributed by atoms with Crippen molar-refractivity contribution in [1.29, 1.82) is 5.26 Å². The number of rotatable bonds is 5. The first-order chi connectivity index (χ1) is 19.3. The lowest BCUT2D eigenvalue weighted by Gasteiger charge is -2.65. The number of hydrogen-bond acceptors (Lipinski definition) is 10. The molecule has 0 saturated carbocycles. The van der Waals surface area contributed by atoms with Gasteiger partial charge in [0, 0.05) is 40.9 Å². The lowest BCUT2D eigenvalue weighted by atomic mass is 9.64. The van der Waals surface area contributed by atoms with Gasteiger partial charge in [-0.25, -0.2) is 0 Å². The highest BCUT2D eigenvalue weighted by atomic mass is 16.5. The van der Waals surface area contributed by atoms with Crippen molar-refractivity contribution < 1.29 is 29.0 Å². The van der Waals surface area contributed by atoms with Gasteiger partial charge in [0.25, 0.3) is 0 Å². The van der Waals surface area contributed by atoms with E-state index in [1.165, 1.54) is 14.2 Å². The molecular weight excluding hydrogens is 526 g/mol. The van der Waals surface area contributed by atoms with Crippen LogP contribution in [0, 0.1) is 18.3 Å². The van der Waals surface area contributed by atoms with Gasteiger partial charge in [-0.15, -0.1) is 0 Å². The second-order valence-corrected chi connectivity index (χ2v) is 11.6. The number of aryl methyl sites for hydroxylation is 1. The van der Waals surface area contributed by atoms with Gasteiger partial charge in [0.05, 0.1) is 37.9 Å². The van der Waals surface area contributed by atoms with Gasteiger partial charge in [-0.05, 0) is 58.7 Å². The summed E-state index contributed by atoms with van der Waals surface area (Å²) in [6.45, 7) is 6.96. The Morgan fingerprint density at radius 2 is 1.95 bits per heavy atom. The summed E-state index contributed by atoms with van der Waals surface area (Å²) >= 11 is 0. The van der Waals surface area contributed by atoms with Gasteiger partial charge in [0.2, 0.25) is 11.7 Å². The third-order valence-electron chi connectivity index (χ3n) is 9.63. The first-order valence-corrected chi connectivity index (χ1v) is 13.7. The highest BCUT2D eigenvalue weighted by molar-refractivity contribution is 6.25. The standard InChI is InChI=1S/C30H37N5O6/c1-13-8-16-9-18-19(11-31)35-20(12-33-29(39)15(3)32)22-17(24(36)14(2)28(41-7)25(22)37)10-21(35)30(4,34(18)5)23(16)26(38)27(13)40-6/h8,15,18-21,38H,9-10,12,32H2,1-7H3,(H,33,39)/t15?,18-,19-,20?,21?,30+/m0/s1. The van der Waals surface area contributed by atoms with Crippen LogP contribution in [-0.2, 0) is 31.1 Å². The van der Waals surface area contributed by atoms with Crippen molar-refractivity contribution >= 4 is 17.5 Å². The zero-order valence-corrected chi connectivity index (χ0v) is 24.5. The maximum Gasteiger partial charge on any atom is 0.236 e. The fourth-order valence-electron chi connectivity index (χ4n) is 7.58. The summed E-state index contributed by atoms with van der Waals surface area (Å²) in [5.41, 5.74) is 8.09. The second kappa shape index (κ2) is 9.98. The maximum absolute atomic E-state index is 13.9. The smallest absolute Gasteiger partial charge is 0.236 e. The second-order valence-electron chi connectivity index (χ2n) is 11.6. The average molecular weight is 564 g/mol. The molecular formula is C30H37N5O6. The number of nitrogens with two attached hydrogens (primary N) is 1. The highest BCUT2D eigenvalue weighted by Crippen LogP contribution is 2.56. The van der Waals surface area contributed by atoms with E-state index in [0.717, 1.165) is 11.1 Å². The third kappa shape index (κ3) is 3.85. The van der Waals surface area contributed by atoms with Crippen molar-refractivity contribution in [1.82, 2.24) is 15.1 Å². The predicted octanol–water partition coefficient (Wildman–Crippen LogP) is 0.962. The molecule has 0 spiro atoms. The summed E-state index contributed by atoms with van der Waals surface area (Å²) < 4.78 is 11.0. The van der Waals surface area contributed by atoms with Crippen LogP contribution in [0.2, 0.25) is 0 Å². The first-order valence-electron chi connectivity index (χ1n) is 13.7. The lowest BCUT2D eigenvalue weighted by molar-refractivity contribution is -0.132. The van der Waals surface area contributed by atoms with Crippen molar-refractivity contribution in [2.45, 2.75) is 76.3 Å². The van der Waals surface area contributed by atoms with Gasteiger partial charge in [0.15, 0.2) is 23.0 Å².